The van der Waals surface area contributed by atoms with E-state index in [0.29, 0.717) is 0 Å². The van der Waals surface area contributed by atoms with Gasteiger partial charge in [-0.05, 0) is 18.9 Å². The average molecular weight is 337 g/mol. The molecule has 0 bridgehead atoms. The van der Waals surface area contributed by atoms with Gasteiger partial charge in [0, 0.05) is 0 Å². The van der Waals surface area contributed by atoms with Gasteiger partial charge >= 0.3 is 0 Å². The molecular weight excluding hydrogens is 300 g/mol. The summed E-state index contributed by atoms with van der Waals surface area (Å²) in [5, 5.41) is 0. The number of alkyl halides is 1. The Kier molecular flexibility index (Phi) is 11.5. The summed E-state index contributed by atoms with van der Waals surface area (Å²) in [5.41, 5.74) is 1.25. The zero-order valence-corrected chi connectivity index (χ0v) is 16.2. The first kappa shape index (κ1) is 20.6. The average Bonchev–Trinajstić information content (AvgIpc) is 2.56. The highest BCUT2D eigenvalue weighted by Crippen LogP contribution is 2.34. The van der Waals surface area contributed by atoms with Crippen LogP contribution in [0.1, 0.15) is 103 Å². The first-order valence-electron chi connectivity index (χ1n) is 9.91. The molecule has 0 aliphatic heterocycles. The van der Waals surface area contributed by atoms with Gasteiger partial charge in [0.15, 0.2) is 0 Å². The van der Waals surface area contributed by atoms with Crippen LogP contribution in [0.3, 0.4) is 0 Å². The number of unbranched alkanes of at least 4 members (excludes halogenated alkanes) is 11. The van der Waals surface area contributed by atoms with E-state index in [2.05, 4.69) is 44.2 Å². The summed E-state index contributed by atoms with van der Waals surface area (Å²) in [7, 11) is 0. The van der Waals surface area contributed by atoms with Crippen molar-refractivity contribution < 1.29 is 0 Å². The third-order valence-corrected chi connectivity index (χ3v) is 5.28. The SMILES string of the molecule is CCCCCCCCCCCCCCC(C)(Cl)c1ccccc1. The molecule has 1 rings (SSSR count). The van der Waals surface area contributed by atoms with Crippen LogP contribution in [0.25, 0.3) is 0 Å². The summed E-state index contributed by atoms with van der Waals surface area (Å²) in [6, 6.07) is 10.5. The summed E-state index contributed by atoms with van der Waals surface area (Å²) in [4.78, 5) is -0.195. The maximum atomic E-state index is 6.70. The minimum absolute atomic E-state index is 0.195. The zero-order chi connectivity index (χ0) is 16.8. The lowest BCUT2D eigenvalue weighted by Gasteiger charge is -2.22. The van der Waals surface area contributed by atoms with Crippen LogP contribution in [-0.4, -0.2) is 0 Å². The fraction of sp³-hybridized carbons (Fsp3) is 0.727. The van der Waals surface area contributed by atoms with Gasteiger partial charge in [0.2, 0.25) is 0 Å². The number of rotatable bonds is 14. The van der Waals surface area contributed by atoms with E-state index in [-0.39, 0.29) is 4.87 Å². The van der Waals surface area contributed by atoms with E-state index in [1.54, 1.807) is 0 Å². The topological polar surface area (TPSA) is 0 Å². The summed E-state index contributed by atoms with van der Waals surface area (Å²) in [5.74, 6) is 0. The molecule has 0 aromatic heterocycles. The van der Waals surface area contributed by atoms with Crippen LogP contribution in [-0.2, 0) is 4.87 Å². The van der Waals surface area contributed by atoms with Gasteiger partial charge in [-0.2, -0.15) is 0 Å². The van der Waals surface area contributed by atoms with Crippen molar-refractivity contribution in [1.82, 2.24) is 0 Å². The molecule has 1 aromatic rings. The Morgan fingerprint density at radius 3 is 1.61 bits per heavy atom. The molecule has 0 radical (unpaired) electrons. The van der Waals surface area contributed by atoms with Crippen molar-refractivity contribution in [2.24, 2.45) is 0 Å². The van der Waals surface area contributed by atoms with Crippen LogP contribution < -0.4 is 0 Å². The van der Waals surface area contributed by atoms with Gasteiger partial charge in [-0.3, -0.25) is 0 Å². The fourth-order valence-electron chi connectivity index (χ4n) is 3.23. The van der Waals surface area contributed by atoms with Crippen LogP contribution in [0, 0.1) is 0 Å². The molecule has 0 heterocycles. The lowest BCUT2D eigenvalue weighted by molar-refractivity contribution is 0.512. The van der Waals surface area contributed by atoms with Crippen LogP contribution >= 0.6 is 11.6 Å². The Bertz CT molecular complexity index is 369. The summed E-state index contributed by atoms with van der Waals surface area (Å²) >= 11 is 6.70. The first-order chi connectivity index (χ1) is 11.2. The molecule has 0 amide bonds. The highest BCUT2D eigenvalue weighted by atomic mass is 35.5. The van der Waals surface area contributed by atoms with Gasteiger partial charge in [-0.15, -0.1) is 11.6 Å². The molecule has 0 saturated carbocycles. The molecule has 1 heteroatoms. The first-order valence-corrected chi connectivity index (χ1v) is 10.3. The van der Waals surface area contributed by atoms with Gasteiger partial charge in [-0.1, -0.05) is 114 Å². The fourth-order valence-corrected chi connectivity index (χ4v) is 3.49. The number of benzene rings is 1. The van der Waals surface area contributed by atoms with Gasteiger partial charge < -0.3 is 0 Å². The van der Waals surface area contributed by atoms with Gasteiger partial charge in [-0.25, -0.2) is 0 Å². The molecule has 1 unspecified atom stereocenters. The number of hydrogen-bond donors (Lipinski definition) is 0. The Morgan fingerprint density at radius 2 is 1.13 bits per heavy atom. The summed E-state index contributed by atoms with van der Waals surface area (Å²) in [6.07, 6.45) is 17.8. The largest absolute Gasteiger partial charge is 0.114 e. The molecule has 0 aliphatic carbocycles. The van der Waals surface area contributed by atoms with Crippen molar-refractivity contribution in [3.05, 3.63) is 35.9 Å². The van der Waals surface area contributed by atoms with Crippen molar-refractivity contribution in [3.63, 3.8) is 0 Å². The number of hydrogen-bond acceptors (Lipinski definition) is 0. The predicted molar refractivity (Wildman–Crippen MR) is 105 cm³/mol. The molecule has 1 atom stereocenters. The van der Waals surface area contributed by atoms with Crippen LogP contribution in [0.15, 0.2) is 30.3 Å². The quantitative estimate of drug-likeness (QED) is 0.237. The molecule has 1 aromatic carbocycles. The molecule has 0 saturated heterocycles. The molecule has 23 heavy (non-hydrogen) atoms. The van der Waals surface area contributed by atoms with Gasteiger partial charge in [0.05, 0.1) is 4.87 Å². The summed E-state index contributed by atoms with van der Waals surface area (Å²) in [6.45, 7) is 4.44. The van der Waals surface area contributed by atoms with Crippen molar-refractivity contribution in [3.8, 4) is 0 Å². The Hall–Kier alpha value is -0.490. The molecule has 0 nitrogen and oxygen atoms in total. The van der Waals surface area contributed by atoms with Crippen molar-refractivity contribution in [1.29, 1.82) is 0 Å². The lowest BCUT2D eigenvalue weighted by Crippen LogP contribution is -2.13. The van der Waals surface area contributed by atoms with Crippen LogP contribution in [0.5, 0.6) is 0 Å². The third-order valence-electron chi connectivity index (χ3n) is 4.88. The summed E-state index contributed by atoms with van der Waals surface area (Å²) < 4.78 is 0. The normalized spacial score (nSPS) is 13.9. The van der Waals surface area contributed by atoms with E-state index in [9.17, 15) is 0 Å². The predicted octanol–water partition coefficient (Wildman–Crippen LogP) is 8.23. The highest BCUT2D eigenvalue weighted by Gasteiger charge is 2.22. The minimum atomic E-state index is -0.195. The standard InChI is InChI=1S/C22H37Cl/c1-3-4-5-6-7-8-9-10-11-12-13-17-20-22(2,23)21-18-15-14-16-19-21/h14-16,18-19H,3-13,17,20H2,1-2H3. The van der Waals surface area contributed by atoms with E-state index < -0.39 is 0 Å². The minimum Gasteiger partial charge on any atom is -0.114 e. The van der Waals surface area contributed by atoms with E-state index in [4.69, 9.17) is 11.6 Å². The van der Waals surface area contributed by atoms with Crippen molar-refractivity contribution >= 4 is 11.6 Å². The highest BCUT2D eigenvalue weighted by molar-refractivity contribution is 6.23. The van der Waals surface area contributed by atoms with Crippen LogP contribution in [0.2, 0.25) is 0 Å². The van der Waals surface area contributed by atoms with E-state index >= 15 is 0 Å². The molecule has 0 spiro atoms. The monoisotopic (exact) mass is 336 g/mol. The Balaban J connectivity index is 1.93. The smallest absolute Gasteiger partial charge is 0.0666 e. The second kappa shape index (κ2) is 12.9. The second-order valence-electron chi connectivity index (χ2n) is 7.20. The van der Waals surface area contributed by atoms with E-state index in [0.717, 1.165) is 6.42 Å². The van der Waals surface area contributed by atoms with Gasteiger partial charge in [0.25, 0.3) is 0 Å². The third kappa shape index (κ3) is 10.1. The molecular formula is C22H37Cl. The molecule has 0 aliphatic rings. The molecule has 0 fully saturated rings. The Labute approximate surface area is 150 Å². The van der Waals surface area contributed by atoms with Crippen molar-refractivity contribution in [2.75, 3.05) is 0 Å². The second-order valence-corrected chi connectivity index (χ2v) is 8.04. The van der Waals surface area contributed by atoms with Crippen LogP contribution in [0.4, 0.5) is 0 Å². The van der Waals surface area contributed by atoms with E-state index in [1.165, 1.54) is 82.6 Å². The van der Waals surface area contributed by atoms with Crippen molar-refractivity contribution in [2.45, 2.75) is 102 Å². The maximum Gasteiger partial charge on any atom is 0.0666 e. The van der Waals surface area contributed by atoms with Gasteiger partial charge in [0.1, 0.15) is 0 Å². The Morgan fingerprint density at radius 1 is 0.696 bits per heavy atom. The zero-order valence-electron chi connectivity index (χ0n) is 15.5. The maximum absolute atomic E-state index is 6.70. The lowest BCUT2D eigenvalue weighted by atomic mass is 9.93. The molecule has 132 valence electrons. The van der Waals surface area contributed by atoms with E-state index in [1.807, 2.05) is 0 Å². The number of halogens is 1. The molecule has 0 N–H and O–H groups in total.